The fraction of sp³-hybridized carbons (Fsp3) is 0.364. The number of hydrogen-bond donors (Lipinski definition) is 2. The predicted octanol–water partition coefficient (Wildman–Crippen LogP) is 2.51. The summed E-state index contributed by atoms with van der Waals surface area (Å²) in [7, 11) is 0. The molecule has 1 heterocycles. The van der Waals surface area contributed by atoms with Crippen LogP contribution in [0, 0.1) is 5.82 Å². The fourth-order valence-corrected chi connectivity index (χ4v) is 3.64. The first-order valence-electron chi connectivity index (χ1n) is 9.66. The van der Waals surface area contributed by atoms with E-state index >= 15 is 0 Å². The van der Waals surface area contributed by atoms with Crippen molar-refractivity contribution >= 4 is 11.8 Å². The molecule has 2 aromatic carbocycles. The average Bonchev–Trinajstić information content (AvgIpc) is 3.17. The van der Waals surface area contributed by atoms with Crippen LogP contribution >= 0.6 is 0 Å². The van der Waals surface area contributed by atoms with E-state index in [0.29, 0.717) is 30.6 Å². The van der Waals surface area contributed by atoms with Crippen LogP contribution in [0.15, 0.2) is 54.6 Å². The van der Waals surface area contributed by atoms with Crippen LogP contribution in [-0.4, -0.2) is 41.9 Å². The summed E-state index contributed by atoms with van der Waals surface area (Å²) in [6.45, 7) is 1.08. The topological polar surface area (TPSA) is 75.4 Å². The van der Waals surface area contributed by atoms with E-state index < -0.39 is 6.04 Å². The normalized spacial score (nSPS) is 17.4. The van der Waals surface area contributed by atoms with Crippen molar-refractivity contribution in [2.45, 2.75) is 37.8 Å². The Morgan fingerprint density at radius 3 is 2.61 bits per heavy atom. The second-order valence-corrected chi connectivity index (χ2v) is 7.22. The maximum absolute atomic E-state index is 13.8. The molecular formula is C22H26FN3O2. The second-order valence-electron chi connectivity index (χ2n) is 7.22. The summed E-state index contributed by atoms with van der Waals surface area (Å²) in [4.78, 5) is 26.7. The number of nitrogens with one attached hydrogen (secondary N) is 1. The van der Waals surface area contributed by atoms with E-state index in [1.165, 1.54) is 6.07 Å². The molecule has 0 aromatic heterocycles. The lowest BCUT2D eigenvalue weighted by atomic mass is 10.0. The van der Waals surface area contributed by atoms with Crippen LogP contribution < -0.4 is 11.1 Å². The molecule has 2 atom stereocenters. The van der Waals surface area contributed by atoms with Gasteiger partial charge in [-0.05, 0) is 43.0 Å². The first-order valence-corrected chi connectivity index (χ1v) is 9.66. The Kier molecular flexibility index (Phi) is 6.76. The largest absolute Gasteiger partial charge is 0.350 e. The van der Waals surface area contributed by atoms with E-state index in [1.807, 2.05) is 18.2 Å². The van der Waals surface area contributed by atoms with Crippen LogP contribution in [0.2, 0.25) is 0 Å². The van der Waals surface area contributed by atoms with Gasteiger partial charge >= 0.3 is 0 Å². The van der Waals surface area contributed by atoms with Gasteiger partial charge in [0.1, 0.15) is 5.82 Å². The number of halogens is 1. The lowest BCUT2D eigenvalue weighted by Gasteiger charge is -2.26. The Bertz CT molecular complexity index is 812. The Labute approximate surface area is 164 Å². The maximum Gasteiger partial charge on any atom is 0.251 e. The van der Waals surface area contributed by atoms with Crippen molar-refractivity contribution in [1.82, 2.24) is 10.2 Å². The van der Waals surface area contributed by atoms with Crippen LogP contribution in [0.5, 0.6) is 0 Å². The molecule has 28 heavy (non-hydrogen) atoms. The molecule has 2 aromatic rings. The molecule has 1 fully saturated rings. The van der Waals surface area contributed by atoms with Gasteiger partial charge in [-0.2, -0.15) is 0 Å². The quantitative estimate of drug-likeness (QED) is 0.771. The van der Waals surface area contributed by atoms with Crippen molar-refractivity contribution in [3.63, 3.8) is 0 Å². The molecule has 6 heteroatoms. The van der Waals surface area contributed by atoms with Crippen LogP contribution in [0.25, 0.3) is 0 Å². The molecule has 0 bridgehead atoms. The van der Waals surface area contributed by atoms with Gasteiger partial charge in [0.05, 0.1) is 0 Å². The molecule has 1 saturated heterocycles. The molecule has 3 N–H and O–H groups in total. The second kappa shape index (κ2) is 9.46. The molecule has 5 nitrogen and oxygen atoms in total. The molecule has 148 valence electrons. The van der Waals surface area contributed by atoms with Crippen molar-refractivity contribution in [3.8, 4) is 0 Å². The number of likely N-dealkylation sites (tertiary alicyclic amines) is 1. The van der Waals surface area contributed by atoms with Gasteiger partial charge in [0.2, 0.25) is 5.91 Å². The molecule has 1 aliphatic rings. The lowest BCUT2D eigenvalue weighted by molar-refractivity contribution is -0.132. The highest BCUT2D eigenvalue weighted by Crippen LogP contribution is 2.19. The van der Waals surface area contributed by atoms with Crippen LogP contribution in [-0.2, 0) is 11.2 Å². The van der Waals surface area contributed by atoms with Crippen molar-refractivity contribution in [2.24, 2.45) is 5.73 Å². The van der Waals surface area contributed by atoms with E-state index in [2.05, 4.69) is 5.32 Å². The van der Waals surface area contributed by atoms with Gasteiger partial charge in [-0.15, -0.1) is 0 Å². The van der Waals surface area contributed by atoms with E-state index in [4.69, 9.17) is 5.73 Å². The summed E-state index contributed by atoms with van der Waals surface area (Å²) >= 11 is 0. The number of carbonyl (C=O) groups excluding carboxylic acids is 2. The van der Waals surface area contributed by atoms with Crippen LogP contribution in [0.1, 0.15) is 35.2 Å². The Hall–Kier alpha value is -2.73. The third-order valence-corrected chi connectivity index (χ3v) is 5.11. The summed E-state index contributed by atoms with van der Waals surface area (Å²) in [5.74, 6) is -0.482. The number of carbonyl (C=O) groups is 2. The zero-order valence-corrected chi connectivity index (χ0v) is 15.8. The number of benzene rings is 2. The van der Waals surface area contributed by atoms with E-state index in [-0.39, 0.29) is 30.1 Å². The zero-order valence-electron chi connectivity index (χ0n) is 15.8. The first kappa shape index (κ1) is 20.0. The molecule has 0 aliphatic carbocycles. The number of hydrogen-bond acceptors (Lipinski definition) is 3. The molecule has 3 rings (SSSR count). The third-order valence-electron chi connectivity index (χ3n) is 5.11. The summed E-state index contributed by atoms with van der Waals surface area (Å²) in [5.41, 5.74) is 7.23. The number of amides is 2. The van der Waals surface area contributed by atoms with Crippen molar-refractivity contribution in [3.05, 3.63) is 71.5 Å². The summed E-state index contributed by atoms with van der Waals surface area (Å²) < 4.78 is 13.8. The minimum Gasteiger partial charge on any atom is -0.350 e. The average molecular weight is 383 g/mol. The maximum atomic E-state index is 13.8. The number of nitrogens with zero attached hydrogens (tertiary/aromatic N) is 1. The number of nitrogens with two attached hydrogens (primary N) is 1. The Balaban J connectivity index is 1.51. The highest BCUT2D eigenvalue weighted by atomic mass is 19.1. The van der Waals surface area contributed by atoms with Gasteiger partial charge in [0.15, 0.2) is 0 Å². The van der Waals surface area contributed by atoms with E-state index in [1.54, 1.807) is 35.2 Å². The summed E-state index contributed by atoms with van der Waals surface area (Å²) in [6, 6.07) is 15.0. The Morgan fingerprint density at radius 2 is 1.86 bits per heavy atom. The standard InChI is InChI=1S/C22H26FN3O2/c23-20-11-5-4-9-17(20)13-18(24)14-21(27)26-12-6-10-19(26)15-25-22(28)16-7-2-1-3-8-16/h1-5,7-9,11,18-19H,6,10,12-15,24H2,(H,25,28)/t18?,19-/m0/s1. The molecular weight excluding hydrogens is 357 g/mol. The van der Waals surface area contributed by atoms with Gasteiger partial charge in [0, 0.05) is 37.2 Å². The highest BCUT2D eigenvalue weighted by Gasteiger charge is 2.29. The van der Waals surface area contributed by atoms with E-state index in [9.17, 15) is 14.0 Å². The minimum atomic E-state index is -0.440. The monoisotopic (exact) mass is 383 g/mol. The van der Waals surface area contributed by atoms with Crippen molar-refractivity contribution in [1.29, 1.82) is 0 Å². The van der Waals surface area contributed by atoms with Gasteiger partial charge in [-0.3, -0.25) is 9.59 Å². The fourth-order valence-electron chi connectivity index (χ4n) is 3.64. The minimum absolute atomic E-state index is 0.0270. The Morgan fingerprint density at radius 1 is 1.14 bits per heavy atom. The molecule has 0 radical (unpaired) electrons. The smallest absolute Gasteiger partial charge is 0.251 e. The summed E-state index contributed by atoms with van der Waals surface area (Å²) in [5, 5.41) is 2.91. The number of rotatable bonds is 7. The predicted molar refractivity (Wildman–Crippen MR) is 106 cm³/mol. The molecule has 2 amide bonds. The molecule has 1 aliphatic heterocycles. The SMILES string of the molecule is NC(CC(=O)N1CCC[C@H]1CNC(=O)c1ccccc1)Cc1ccccc1F. The zero-order chi connectivity index (χ0) is 19.9. The van der Waals surface area contributed by atoms with Gasteiger partial charge in [0.25, 0.3) is 5.91 Å². The van der Waals surface area contributed by atoms with Gasteiger partial charge in [-0.1, -0.05) is 36.4 Å². The molecule has 0 saturated carbocycles. The van der Waals surface area contributed by atoms with Crippen LogP contribution in [0.4, 0.5) is 4.39 Å². The van der Waals surface area contributed by atoms with E-state index in [0.717, 1.165) is 12.8 Å². The van der Waals surface area contributed by atoms with Crippen molar-refractivity contribution < 1.29 is 14.0 Å². The highest BCUT2D eigenvalue weighted by molar-refractivity contribution is 5.94. The van der Waals surface area contributed by atoms with Gasteiger partial charge in [-0.25, -0.2) is 4.39 Å². The molecule has 0 spiro atoms. The van der Waals surface area contributed by atoms with Crippen molar-refractivity contribution in [2.75, 3.05) is 13.1 Å². The van der Waals surface area contributed by atoms with Gasteiger partial charge < -0.3 is 16.0 Å². The third kappa shape index (κ3) is 5.16. The summed E-state index contributed by atoms with van der Waals surface area (Å²) in [6.07, 6.45) is 2.24. The lowest BCUT2D eigenvalue weighted by Crippen LogP contribution is -2.45. The van der Waals surface area contributed by atoms with Crippen LogP contribution in [0.3, 0.4) is 0 Å². The molecule has 1 unspecified atom stereocenters. The first-order chi connectivity index (χ1) is 13.5.